The molecule has 0 saturated carbocycles. The zero-order valence-corrected chi connectivity index (χ0v) is 17.6. The number of carbonyl (C=O) groups excluding carboxylic acids is 1. The normalized spacial score (nSPS) is 16.2. The molecule has 0 aromatic heterocycles. The van der Waals surface area contributed by atoms with Gasteiger partial charge in [-0.1, -0.05) is 24.3 Å². The topological polar surface area (TPSA) is 68.6 Å². The molecule has 1 heterocycles. The molecular weight excluding hydrogens is 384 g/mol. The third kappa shape index (κ3) is 3.80. The van der Waals surface area contributed by atoms with Crippen molar-refractivity contribution in [2.24, 2.45) is 0 Å². The molecule has 1 N–H and O–H groups in total. The SMILES string of the molecule is COc1ccccc1N1C(=S)N[C@@H](c2cccc(C#N)c2)C(C(=O)N(C)C)=C1C. The molecule has 2 aromatic rings. The van der Waals surface area contributed by atoms with Gasteiger partial charge in [0.25, 0.3) is 5.91 Å². The Morgan fingerprint density at radius 1 is 1.24 bits per heavy atom. The maximum Gasteiger partial charge on any atom is 0.253 e. The maximum atomic E-state index is 13.1. The first-order chi connectivity index (χ1) is 13.9. The van der Waals surface area contributed by atoms with Crippen molar-refractivity contribution < 1.29 is 9.53 Å². The van der Waals surface area contributed by atoms with Gasteiger partial charge in [0.2, 0.25) is 0 Å². The number of ether oxygens (including phenoxy) is 1. The molecule has 0 radical (unpaired) electrons. The predicted octanol–water partition coefficient (Wildman–Crippen LogP) is 3.36. The van der Waals surface area contributed by atoms with E-state index in [1.165, 1.54) is 4.90 Å². The minimum atomic E-state index is -0.461. The predicted molar refractivity (Wildman–Crippen MR) is 116 cm³/mol. The number of para-hydroxylation sites is 2. The third-order valence-corrected chi connectivity index (χ3v) is 5.10. The second kappa shape index (κ2) is 8.33. The lowest BCUT2D eigenvalue weighted by atomic mass is 9.93. The third-order valence-electron chi connectivity index (χ3n) is 4.80. The highest BCUT2D eigenvalue weighted by Gasteiger charge is 2.36. The highest BCUT2D eigenvalue weighted by Crippen LogP contribution is 2.38. The van der Waals surface area contributed by atoms with E-state index in [2.05, 4.69) is 11.4 Å². The van der Waals surface area contributed by atoms with Crippen molar-refractivity contribution in [2.45, 2.75) is 13.0 Å². The number of methoxy groups -OCH3 is 1. The Bertz CT molecular complexity index is 1040. The molecule has 2 aromatic carbocycles. The maximum absolute atomic E-state index is 13.1. The van der Waals surface area contributed by atoms with Crippen molar-refractivity contribution in [1.82, 2.24) is 10.2 Å². The molecule has 0 bridgehead atoms. The second-order valence-electron chi connectivity index (χ2n) is 6.83. The summed E-state index contributed by atoms with van der Waals surface area (Å²) in [5, 5.41) is 13.0. The van der Waals surface area contributed by atoms with Gasteiger partial charge in [0, 0.05) is 19.8 Å². The van der Waals surface area contributed by atoms with Crippen LogP contribution in [0.5, 0.6) is 5.75 Å². The van der Waals surface area contributed by atoms with Crippen LogP contribution in [-0.2, 0) is 4.79 Å². The summed E-state index contributed by atoms with van der Waals surface area (Å²) >= 11 is 5.67. The molecule has 6 nitrogen and oxygen atoms in total. The number of thiocarbonyl (C=S) groups is 1. The summed E-state index contributed by atoms with van der Waals surface area (Å²) in [4.78, 5) is 16.5. The van der Waals surface area contributed by atoms with Gasteiger partial charge in [0.05, 0.1) is 36.0 Å². The Morgan fingerprint density at radius 3 is 2.62 bits per heavy atom. The van der Waals surface area contributed by atoms with Crippen LogP contribution in [0.1, 0.15) is 24.1 Å². The molecule has 0 saturated heterocycles. The molecular formula is C22H22N4O2S. The molecule has 7 heteroatoms. The minimum Gasteiger partial charge on any atom is -0.495 e. The molecule has 3 rings (SSSR count). The summed E-state index contributed by atoms with van der Waals surface area (Å²) in [6.45, 7) is 1.87. The number of rotatable bonds is 4. The fourth-order valence-corrected chi connectivity index (χ4v) is 3.76. The lowest BCUT2D eigenvalue weighted by Crippen LogP contribution is -2.49. The van der Waals surface area contributed by atoms with Crippen molar-refractivity contribution in [3.63, 3.8) is 0 Å². The summed E-state index contributed by atoms with van der Waals surface area (Å²) < 4.78 is 5.50. The van der Waals surface area contributed by atoms with E-state index in [0.29, 0.717) is 27.7 Å². The smallest absolute Gasteiger partial charge is 0.253 e. The molecule has 0 spiro atoms. The van der Waals surface area contributed by atoms with Gasteiger partial charge in [-0.25, -0.2) is 0 Å². The van der Waals surface area contributed by atoms with Gasteiger partial charge in [-0.15, -0.1) is 0 Å². The van der Waals surface area contributed by atoms with Crippen molar-refractivity contribution in [2.75, 3.05) is 26.1 Å². The molecule has 0 fully saturated rings. The summed E-state index contributed by atoms with van der Waals surface area (Å²) in [7, 11) is 5.03. The van der Waals surface area contributed by atoms with Crippen molar-refractivity contribution in [1.29, 1.82) is 5.26 Å². The van der Waals surface area contributed by atoms with E-state index in [-0.39, 0.29) is 5.91 Å². The molecule has 1 aliphatic heterocycles. The van der Waals surface area contributed by atoms with Crippen LogP contribution >= 0.6 is 12.2 Å². The van der Waals surface area contributed by atoms with E-state index in [1.807, 2.05) is 42.2 Å². The van der Waals surface area contributed by atoms with E-state index in [1.54, 1.807) is 39.4 Å². The summed E-state index contributed by atoms with van der Waals surface area (Å²) in [6.07, 6.45) is 0. The lowest BCUT2D eigenvalue weighted by molar-refractivity contribution is -0.125. The van der Waals surface area contributed by atoms with Crippen LogP contribution in [0, 0.1) is 11.3 Å². The average Bonchev–Trinajstić information content (AvgIpc) is 2.73. The fraction of sp³-hybridized carbons (Fsp3) is 0.227. The molecule has 1 aliphatic rings. The zero-order valence-electron chi connectivity index (χ0n) is 16.8. The van der Waals surface area contributed by atoms with E-state index < -0.39 is 6.04 Å². The number of nitrogens with zero attached hydrogens (tertiary/aromatic N) is 3. The highest BCUT2D eigenvalue weighted by molar-refractivity contribution is 7.80. The van der Waals surface area contributed by atoms with Gasteiger partial charge in [0.15, 0.2) is 5.11 Å². The van der Waals surface area contributed by atoms with Crippen molar-refractivity contribution in [3.05, 3.63) is 70.9 Å². The Kier molecular flexibility index (Phi) is 5.85. The van der Waals surface area contributed by atoms with Gasteiger partial charge in [0.1, 0.15) is 5.75 Å². The quantitative estimate of drug-likeness (QED) is 0.786. The van der Waals surface area contributed by atoms with E-state index in [0.717, 1.165) is 11.3 Å². The number of likely N-dealkylation sites (N-methyl/N-ethyl adjacent to an activating group) is 1. The second-order valence-corrected chi connectivity index (χ2v) is 7.21. The number of carbonyl (C=O) groups is 1. The van der Waals surface area contributed by atoms with Gasteiger partial charge in [-0.05, 0) is 49.0 Å². The van der Waals surface area contributed by atoms with Crippen molar-refractivity contribution >= 4 is 28.9 Å². The van der Waals surface area contributed by atoms with Crippen molar-refractivity contribution in [3.8, 4) is 11.8 Å². The molecule has 1 atom stereocenters. The molecule has 0 unspecified atom stereocenters. The summed E-state index contributed by atoms with van der Waals surface area (Å²) in [6, 6.07) is 16.4. The minimum absolute atomic E-state index is 0.134. The van der Waals surface area contributed by atoms with Crippen LogP contribution < -0.4 is 15.0 Å². The number of nitriles is 1. The van der Waals surface area contributed by atoms with Gasteiger partial charge < -0.3 is 15.0 Å². The largest absolute Gasteiger partial charge is 0.495 e. The lowest BCUT2D eigenvalue weighted by Gasteiger charge is -2.39. The van der Waals surface area contributed by atoms with Crippen LogP contribution in [0.15, 0.2) is 59.8 Å². The number of hydrogen-bond acceptors (Lipinski definition) is 4. The number of anilines is 1. The zero-order chi connectivity index (χ0) is 21.1. The first kappa shape index (κ1) is 20.4. The molecule has 0 aliphatic carbocycles. The number of hydrogen-bond donors (Lipinski definition) is 1. The number of allylic oxidation sites excluding steroid dienone is 1. The first-order valence-corrected chi connectivity index (χ1v) is 9.46. The van der Waals surface area contributed by atoms with Crippen LogP contribution in [0.4, 0.5) is 5.69 Å². The Hall–Kier alpha value is -3.37. The molecule has 148 valence electrons. The summed E-state index contributed by atoms with van der Waals surface area (Å²) in [5.74, 6) is 0.516. The average molecular weight is 407 g/mol. The van der Waals surface area contributed by atoms with Crippen LogP contribution in [0.2, 0.25) is 0 Å². The first-order valence-electron chi connectivity index (χ1n) is 9.05. The standard InChI is InChI=1S/C22H22N4O2S/c1-14-19(21(27)25(2)3)20(16-9-7-8-15(12-16)13-23)24-22(29)26(14)17-10-5-6-11-18(17)28-4/h5-12,20H,1-4H3,(H,24,29)/t20-/m0/s1. The fourth-order valence-electron chi connectivity index (χ4n) is 3.40. The number of amides is 1. The van der Waals surface area contributed by atoms with Crippen LogP contribution in [0.3, 0.4) is 0 Å². The van der Waals surface area contributed by atoms with Gasteiger partial charge >= 0.3 is 0 Å². The molecule has 1 amide bonds. The number of nitrogens with one attached hydrogen (secondary N) is 1. The number of benzene rings is 2. The monoisotopic (exact) mass is 406 g/mol. The Balaban J connectivity index is 2.21. The van der Waals surface area contributed by atoms with Gasteiger partial charge in [-0.3, -0.25) is 9.69 Å². The Morgan fingerprint density at radius 2 is 1.97 bits per heavy atom. The van der Waals surface area contributed by atoms with Crippen LogP contribution in [-0.4, -0.2) is 37.1 Å². The highest BCUT2D eigenvalue weighted by atomic mass is 32.1. The van der Waals surface area contributed by atoms with Crippen LogP contribution in [0.25, 0.3) is 0 Å². The van der Waals surface area contributed by atoms with E-state index in [9.17, 15) is 10.1 Å². The summed E-state index contributed by atoms with van der Waals surface area (Å²) in [5.41, 5.74) is 3.35. The molecule has 29 heavy (non-hydrogen) atoms. The van der Waals surface area contributed by atoms with E-state index in [4.69, 9.17) is 17.0 Å². The van der Waals surface area contributed by atoms with Gasteiger partial charge in [-0.2, -0.15) is 5.26 Å². The van der Waals surface area contributed by atoms with E-state index >= 15 is 0 Å². The Labute approximate surface area is 176 Å².